The molecule has 2 aromatic rings. The maximum atomic E-state index is 12.9. The number of Topliss-reactive ketones (excluding diaryl/α,β-unsaturated/α-hetero) is 2. The number of nitrogens with one attached hydrogen (secondary N) is 2. The molecule has 1 heterocycles. The zero-order valence-corrected chi connectivity index (χ0v) is 17.0. The number of aryl methyl sites for hydroxylation is 1. The molecule has 1 aromatic heterocycles. The highest BCUT2D eigenvalue weighted by Crippen LogP contribution is 2.23. The summed E-state index contributed by atoms with van der Waals surface area (Å²) >= 11 is 3.44. The smallest absolute Gasteiger partial charge is 0.195 e. The number of hydrogen-bond acceptors (Lipinski definition) is 3. The van der Waals surface area contributed by atoms with E-state index in [1.54, 1.807) is 0 Å². The highest BCUT2D eigenvalue weighted by atomic mass is 79.9. The molecule has 0 unspecified atom stereocenters. The number of ketones is 2. The molecule has 134 valence electrons. The Morgan fingerprint density at radius 3 is 2.28 bits per heavy atom. The van der Waals surface area contributed by atoms with Gasteiger partial charge < -0.3 is 10.3 Å². The van der Waals surface area contributed by atoms with Gasteiger partial charge >= 0.3 is 0 Å². The Kier molecular flexibility index (Phi) is 6.36. The van der Waals surface area contributed by atoms with E-state index in [-0.39, 0.29) is 23.7 Å². The molecule has 0 spiro atoms. The first-order valence-electron chi connectivity index (χ1n) is 8.52. The second kappa shape index (κ2) is 8.11. The van der Waals surface area contributed by atoms with E-state index >= 15 is 0 Å². The third kappa shape index (κ3) is 4.28. The number of carbonyl (C=O) groups is 2. The van der Waals surface area contributed by atoms with Gasteiger partial charge in [-0.25, -0.2) is 0 Å². The van der Waals surface area contributed by atoms with Gasteiger partial charge in [0.1, 0.15) is 0 Å². The van der Waals surface area contributed by atoms with Crippen molar-refractivity contribution in [2.45, 2.75) is 53.1 Å². The highest BCUT2D eigenvalue weighted by molar-refractivity contribution is 9.10. The minimum atomic E-state index is -0.356. The Morgan fingerprint density at radius 2 is 1.80 bits per heavy atom. The average molecular weight is 405 g/mol. The molecule has 5 heteroatoms. The van der Waals surface area contributed by atoms with E-state index in [0.29, 0.717) is 11.3 Å². The predicted molar refractivity (Wildman–Crippen MR) is 104 cm³/mol. The van der Waals surface area contributed by atoms with Crippen LogP contribution < -0.4 is 5.32 Å². The fourth-order valence-electron chi connectivity index (χ4n) is 3.26. The van der Waals surface area contributed by atoms with Crippen LogP contribution in [-0.4, -0.2) is 22.6 Å². The number of aromatic nitrogens is 1. The third-order valence-electron chi connectivity index (χ3n) is 4.56. The summed E-state index contributed by atoms with van der Waals surface area (Å²) < 4.78 is 1.03. The average Bonchev–Trinajstić information content (AvgIpc) is 2.87. The summed E-state index contributed by atoms with van der Waals surface area (Å²) in [6.45, 7) is 9.14. The van der Waals surface area contributed by atoms with Gasteiger partial charge in [-0.15, -0.1) is 0 Å². The van der Waals surface area contributed by atoms with E-state index in [4.69, 9.17) is 0 Å². The molecule has 2 rings (SSSR count). The lowest BCUT2D eigenvalue weighted by Crippen LogP contribution is -2.37. The van der Waals surface area contributed by atoms with Crippen molar-refractivity contribution in [3.63, 3.8) is 0 Å². The van der Waals surface area contributed by atoms with E-state index in [1.807, 2.05) is 32.9 Å². The summed E-state index contributed by atoms with van der Waals surface area (Å²) in [5, 5.41) is 3.42. The van der Waals surface area contributed by atoms with Crippen molar-refractivity contribution in [3.05, 3.63) is 56.8 Å². The highest BCUT2D eigenvalue weighted by Gasteiger charge is 2.25. The second-order valence-electron chi connectivity index (χ2n) is 6.45. The number of aromatic amines is 1. The molecular weight excluding hydrogens is 380 g/mol. The number of halogens is 1. The van der Waals surface area contributed by atoms with E-state index < -0.39 is 0 Å². The van der Waals surface area contributed by atoms with Crippen LogP contribution in [0, 0.1) is 13.8 Å². The molecule has 0 saturated carbocycles. The van der Waals surface area contributed by atoms with Gasteiger partial charge in [0.2, 0.25) is 0 Å². The Labute approximate surface area is 157 Å². The molecule has 4 nitrogen and oxygen atoms in total. The summed E-state index contributed by atoms with van der Waals surface area (Å²) in [7, 11) is 0. The third-order valence-corrected chi connectivity index (χ3v) is 5.09. The van der Waals surface area contributed by atoms with Crippen LogP contribution >= 0.6 is 15.9 Å². The van der Waals surface area contributed by atoms with Gasteiger partial charge in [0.05, 0.1) is 11.7 Å². The summed E-state index contributed by atoms with van der Waals surface area (Å²) in [4.78, 5) is 27.8. The lowest BCUT2D eigenvalue weighted by Gasteiger charge is -2.22. The molecule has 0 saturated heterocycles. The molecule has 0 radical (unpaired) electrons. The normalized spacial score (nSPS) is 13.5. The van der Waals surface area contributed by atoms with Crippen LogP contribution in [0.25, 0.3) is 0 Å². The van der Waals surface area contributed by atoms with Crippen molar-refractivity contribution in [2.24, 2.45) is 0 Å². The van der Waals surface area contributed by atoms with Crippen LogP contribution in [0.2, 0.25) is 0 Å². The fraction of sp³-hybridized carbons (Fsp3) is 0.400. The predicted octanol–water partition coefficient (Wildman–Crippen LogP) is 4.91. The topological polar surface area (TPSA) is 62.0 Å². The quantitative estimate of drug-likeness (QED) is 0.644. The molecule has 0 aliphatic heterocycles. The fourth-order valence-corrected chi connectivity index (χ4v) is 3.53. The molecule has 0 bridgehead atoms. The van der Waals surface area contributed by atoms with E-state index in [1.165, 1.54) is 6.92 Å². The molecule has 0 fully saturated rings. The molecule has 0 amide bonds. The lowest BCUT2D eigenvalue weighted by molar-refractivity contribution is 0.0938. The van der Waals surface area contributed by atoms with E-state index in [9.17, 15) is 9.59 Å². The summed E-state index contributed by atoms with van der Waals surface area (Å²) in [6, 6.07) is 7.86. The molecule has 2 N–H and O–H groups in total. The van der Waals surface area contributed by atoms with Crippen LogP contribution in [0.4, 0.5) is 0 Å². The Balaban J connectivity index is 2.21. The van der Waals surface area contributed by atoms with Gasteiger partial charge in [-0.3, -0.25) is 9.59 Å². The molecule has 25 heavy (non-hydrogen) atoms. The van der Waals surface area contributed by atoms with Crippen molar-refractivity contribution >= 4 is 27.5 Å². The van der Waals surface area contributed by atoms with Gasteiger partial charge in [0.25, 0.3) is 0 Å². The summed E-state index contributed by atoms with van der Waals surface area (Å²) in [5.74, 6) is -0.0455. The number of carbonyl (C=O) groups excluding carboxylic acids is 2. The van der Waals surface area contributed by atoms with Gasteiger partial charge in [0, 0.05) is 21.8 Å². The van der Waals surface area contributed by atoms with Crippen molar-refractivity contribution in [1.82, 2.24) is 10.3 Å². The minimum absolute atomic E-state index is 0.0211. The molecule has 0 aliphatic carbocycles. The largest absolute Gasteiger partial charge is 0.355 e. The summed E-state index contributed by atoms with van der Waals surface area (Å²) in [6.07, 6.45) is 0.876. The van der Waals surface area contributed by atoms with Gasteiger partial charge in [-0.05, 0) is 57.4 Å². The van der Waals surface area contributed by atoms with Crippen LogP contribution in [0.5, 0.6) is 0 Å². The van der Waals surface area contributed by atoms with Crippen molar-refractivity contribution in [1.29, 1.82) is 0 Å². The lowest BCUT2D eigenvalue weighted by atomic mass is 10.00. The monoisotopic (exact) mass is 404 g/mol. The van der Waals surface area contributed by atoms with Crippen molar-refractivity contribution in [3.8, 4) is 0 Å². The van der Waals surface area contributed by atoms with Gasteiger partial charge in [-0.2, -0.15) is 0 Å². The number of rotatable bonds is 7. The number of hydrogen-bond donors (Lipinski definition) is 2. The number of H-pyrrole nitrogens is 1. The molecule has 1 aromatic carbocycles. The standard InChI is InChI=1S/C20H25BrN2O2/c1-6-17(15-7-9-16(21)10-8-15)22-13(4)20(25)19-11(2)18(14(5)24)12(3)23-19/h7-10,13,17,22-23H,6H2,1-5H3/t13-,17+/m0/s1. The van der Waals surface area contributed by atoms with Crippen LogP contribution in [0.1, 0.15) is 70.9 Å². The maximum absolute atomic E-state index is 12.9. The SMILES string of the molecule is CC[C@@H](N[C@@H](C)C(=O)c1[nH]c(C)c(C(C)=O)c1C)c1ccc(Br)cc1. The Hall–Kier alpha value is -1.72. The molecule has 0 aliphatic rings. The summed E-state index contributed by atoms with van der Waals surface area (Å²) in [5.41, 5.74) is 3.78. The zero-order valence-electron chi connectivity index (χ0n) is 15.4. The first-order chi connectivity index (χ1) is 11.8. The second-order valence-corrected chi connectivity index (χ2v) is 7.36. The van der Waals surface area contributed by atoms with Crippen LogP contribution in [0.3, 0.4) is 0 Å². The first-order valence-corrected chi connectivity index (χ1v) is 9.31. The van der Waals surface area contributed by atoms with E-state index in [2.05, 4.69) is 45.3 Å². The van der Waals surface area contributed by atoms with E-state index in [0.717, 1.165) is 27.7 Å². The minimum Gasteiger partial charge on any atom is -0.355 e. The number of benzene rings is 1. The molecular formula is C20H25BrN2O2. The van der Waals surface area contributed by atoms with Crippen molar-refractivity contribution in [2.75, 3.05) is 0 Å². The Morgan fingerprint density at radius 1 is 1.20 bits per heavy atom. The zero-order chi connectivity index (χ0) is 18.7. The van der Waals surface area contributed by atoms with Crippen LogP contribution in [0.15, 0.2) is 28.7 Å². The Bertz CT molecular complexity index is 778. The maximum Gasteiger partial charge on any atom is 0.195 e. The molecule has 2 atom stereocenters. The van der Waals surface area contributed by atoms with Crippen LogP contribution in [-0.2, 0) is 0 Å². The first kappa shape index (κ1) is 19.6. The van der Waals surface area contributed by atoms with Gasteiger partial charge in [0.15, 0.2) is 11.6 Å². The van der Waals surface area contributed by atoms with Crippen molar-refractivity contribution < 1.29 is 9.59 Å². The van der Waals surface area contributed by atoms with Gasteiger partial charge in [-0.1, -0.05) is 35.0 Å².